The first-order valence-electron chi connectivity index (χ1n) is 8.25. The maximum atomic E-state index is 12.7. The molecule has 1 amide bonds. The first kappa shape index (κ1) is 17.4. The van der Waals surface area contributed by atoms with Crippen molar-refractivity contribution in [2.24, 2.45) is 0 Å². The first-order chi connectivity index (χ1) is 12.6. The number of carbonyl (C=O) groups is 1. The molecular weight excluding hydrogens is 332 g/mol. The Morgan fingerprint density at radius 3 is 2.42 bits per heavy atom. The van der Waals surface area contributed by atoms with Gasteiger partial charge >= 0.3 is 0 Å². The zero-order valence-electron chi connectivity index (χ0n) is 14.3. The van der Waals surface area contributed by atoms with Crippen molar-refractivity contribution in [1.29, 1.82) is 0 Å². The van der Waals surface area contributed by atoms with E-state index in [1.165, 1.54) is 24.3 Å². The Bertz CT molecular complexity index is 933. The number of ether oxygens (including phenoxy) is 1. The van der Waals surface area contributed by atoms with Gasteiger partial charge in [-0.1, -0.05) is 36.4 Å². The summed E-state index contributed by atoms with van der Waals surface area (Å²) in [5.41, 5.74) is 0.817. The van der Waals surface area contributed by atoms with Crippen LogP contribution in [0.3, 0.4) is 0 Å². The molecule has 3 aromatic carbocycles. The topological polar surface area (TPSA) is 72.7 Å². The van der Waals surface area contributed by atoms with Crippen LogP contribution in [0.15, 0.2) is 66.7 Å². The van der Waals surface area contributed by atoms with Crippen molar-refractivity contribution in [2.75, 3.05) is 18.1 Å². The quantitative estimate of drug-likeness (QED) is 0.494. The molecule has 0 atom stereocenters. The standard InChI is InChI=1S/C20H18N2O4/c1-2-21(19-9-5-7-15-6-3-4-8-18(15)19)20(23)14-26-17-12-10-16(11-13-17)22(24)25/h3-13H,2,14H2,1H3. The Labute approximate surface area is 150 Å². The van der Waals surface area contributed by atoms with Crippen molar-refractivity contribution < 1.29 is 14.5 Å². The molecule has 132 valence electrons. The Balaban J connectivity index is 1.75. The minimum Gasteiger partial charge on any atom is -0.484 e. The Morgan fingerprint density at radius 1 is 1.04 bits per heavy atom. The number of non-ortho nitro benzene ring substituents is 1. The molecule has 3 rings (SSSR count). The molecule has 6 nitrogen and oxygen atoms in total. The highest BCUT2D eigenvalue weighted by Gasteiger charge is 2.17. The van der Waals surface area contributed by atoms with Gasteiger partial charge in [-0.25, -0.2) is 0 Å². The molecule has 0 fully saturated rings. The Kier molecular flexibility index (Phi) is 5.12. The third-order valence-electron chi connectivity index (χ3n) is 4.08. The summed E-state index contributed by atoms with van der Waals surface area (Å²) >= 11 is 0. The SMILES string of the molecule is CCN(C(=O)COc1ccc([N+](=O)[O-])cc1)c1cccc2ccccc12. The van der Waals surface area contributed by atoms with E-state index >= 15 is 0 Å². The van der Waals surface area contributed by atoms with Crippen LogP contribution in [0.1, 0.15) is 6.92 Å². The molecule has 0 aliphatic heterocycles. The summed E-state index contributed by atoms with van der Waals surface area (Å²) < 4.78 is 5.51. The van der Waals surface area contributed by atoms with E-state index in [0.717, 1.165) is 16.5 Å². The van der Waals surface area contributed by atoms with Gasteiger partial charge in [0.2, 0.25) is 0 Å². The lowest BCUT2D eigenvalue weighted by Gasteiger charge is -2.23. The van der Waals surface area contributed by atoms with Crippen LogP contribution in [-0.4, -0.2) is 24.0 Å². The van der Waals surface area contributed by atoms with Crippen LogP contribution in [0.4, 0.5) is 11.4 Å². The number of fused-ring (bicyclic) bond motifs is 1. The number of nitro groups is 1. The van der Waals surface area contributed by atoms with E-state index in [0.29, 0.717) is 12.3 Å². The molecule has 0 N–H and O–H groups in total. The second-order valence-electron chi connectivity index (χ2n) is 5.68. The van der Waals surface area contributed by atoms with Gasteiger partial charge in [-0.15, -0.1) is 0 Å². The van der Waals surface area contributed by atoms with E-state index in [2.05, 4.69) is 0 Å². The van der Waals surface area contributed by atoms with Gasteiger partial charge in [0.15, 0.2) is 6.61 Å². The molecule has 26 heavy (non-hydrogen) atoms. The summed E-state index contributed by atoms with van der Waals surface area (Å²) in [6.45, 7) is 2.27. The molecule has 0 bridgehead atoms. The zero-order chi connectivity index (χ0) is 18.5. The number of hydrogen-bond donors (Lipinski definition) is 0. The molecule has 0 radical (unpaired) electrons. The summed E-state index contributed by atoms with van der Waals surface area (Å²) in [5.74, 6) is 0.236. The van der Waals surface area contributed by atoms with Gasteiger partial charge in [-0.2, -0.15) is 0 Å². The third-order valence-corrected chi connectivity index (χ3v) is 4.08. The summed E-state index contributed by atoms with van der Waals surface area (Å²) in [4.78, 5) is 24.5. The van der Waals surface area contributed by atoms with Crippen molar-refractivity contribution in [3.8, 4) is 5.75 Å². The molecular formula is C20H18N2O4. The predicted octanol–water partition coefficient (Wildman–Crippen LogP) is 4.18. The van der Waals surface area contributed by atoms with Crippen molar-refractivity contribution in [3.63, 3.8) is 0 Å². The van der Waals surface area contributed by atoms with Gasteiger partial charge in [-0.3, -0.25) is 14.9 Å². The normalized spacial score (nSPS) is 10.5. The number of nitrogens with zero attached hydrogens (tertiary/aromatic N) is 2. The first-order valence-corrected chi connectivity index (χ1v) is 8.25. The van der Waals surface area contributed by atoms with Gasteiger partial charge in [-0.05, 0) is 30.5 Å². The molecule has 0 aliphatic carbocycles. The second kappa shape index (κ2) is 7.65. The lowest BCUT2D eigenvalue weighted by atomic mass is 10.1. The highest BCUT2D eigenvalue weighted by molar-refractivity contribution is 6.04. The maximum absolute atomic E-state index is 12.7. The molecule has 0 aromatic heterocycles. The van der Waals surface area contributed by atoms with Crippen molar-refractivity contribution in [3.05, 3.63) is 76.8 Å². The smallest absolute Gasteiger partial charge is 0.269 e. The summed E-state index contributed by atoms with van der Waals surface area (Å²) in [5, 5.41) is 12.7. The lowest BCUT2D eigenvalue weighted by molar-refractivity contribution is -0.384. The largest absolute Gasteiger partial charge is 0.484 e. The number of amides is 1. The van der Waals surface area contributed by atoms with E-state index in [1.54, 1.807) is 4.90 Å². The number of hydrogen-bond acceptors (Lipinski definition) is 4. The molecule has 0 unspecified atom stereocenters. The van der Waals surface area contributed by atoms with Crippen LogP contribution in [0.25, 0.3) is 10.8 Å². The van der Waals surface area contributed by atoms with Crippen molar-refractivity contribution in [2.45, 2.75) is 6.92 Å². The Hall–Kier alpha value is -3.41. The van der Waals surface area contributed by atoms with Gasteiger partial charge in [0.05, 0.1) is 10.6 Å². The fraction of sp³-hybridized carbons (Fsp3) is 0.150. The van der Waals surface area contributed by atoms with Crippen molar-refractivity contribution >= 4 is 28.1 Å². The molecule has 0 spiro atoms. The van der Waals surface area contributed by atoms with E-state index < -0.39 is 4.92 Å². The highest BCUT2D eigenvalue weighted by Crippen LogP contribution is 2.27. The van der Waals surface area contributed by atoms with Crippen LogP contribution in [-0.2, 0) is 4.79 Å². The summed E-state index contributed by atoms with van der Waals surface area (Å²) in [7, 11) is 0. The summed E-state index contributed by atoms with van der Waals surface area (Å²) in [6, 6.07) is 19.4. The number of likely N-dealkylation sites (N-methyl/N-ethyl adjacent to an activating group) is 1. The van der Waals surface area contributed by atoms with Gasteiger partial charge in [0.1, 0.15) is 5.75 Å². The van der Waals surface area contributed by atoms with E-state index in [9.17, 15) is 14.9 Å². The van der Waals surface area contributed by atoms with Crippen LogP contribution < -0.4 is 9.64 Å². The van der Waals surface area contributed by atoms with Crippen LogP contribution >= 0.6 is 0 Å². The van der Waals surface area contributed by atoms with E-state index in [1.807, 2.05) is 49.4 Å². The number of carbonyl (C=O) groups excluding carboxylic acids is 1. The van der Waals surface area contributed by atoms with E-state index in [4.69, 9.17) is 4.74 Å². The fourth-order valence-corrected chi connectivity index (χ4v) is 2.81. The predicted molar refractivity (Wildman–Crippen MR) is 101 cm³/mol. The fourth-order valence-electron chi connectivity index (χ4n) is 2.81. The van der Waals surface area contributed by atoms with Crippen LogP contribution in [0.2, 0.25) is 0 Å². The van der Waals surface area contributed by atoms with E-state index in [-0.39, 0.29) is 18.2 Å². The molecule has 3 aromatic rings. The van der Waals surface area contributed by atoms with Gasteiger partial charge in [0.25, 0.3) is 11.6 Å². The van der Waals surface area contributed by atoms with Gasteiger partial charge < -0.3 is 9.64 Å². The monoisotopic (exact) mass is 350 g/mol. The third kappa shape index (κ3) is 3.64. The van der Waals surface area contributed by atoms with Crippen LogP contribution in [0, 0.1) is 10.1 Å². The minimum atomic E-state index is -0.478. The van der Waals surface area contributed by atoms with Gasteiger partial charge in [0, 0.05) is 24.1 Å². The second-order valence-corrected chi connectivity index (χ2v) is 5.68. The lowest BCUT2D eigenvalue weighted by Crippen LogP contribution is -2.34. The zero-order valence-corrected chi connectivity index (χ0v) is 14.3. The average Bonchev–Trinajstić information content (AvgIpc) is 2.67. The average molecular weight is 350 g/mol. The molecule has 6 heteroatoms. The minimum absolute atomic E-state index is 0.0189. The highest BCUT2D eigenvalue weighted by atomic mass is 16.6. The molecule has 0 heterocycles. The summed E-state index contributed by atoms with van der Waals surface area (Å²) in [6.07, 6.45) is 0. The Morgan fingerprint density at radius 2 is 1.73 bits per heavy atom. The number of nitro benzene ring substituents is 1. The molecule has 0 saturated carbocycles. The number of anilines is 1. The molecule has 0 saturated heterocycles. The number of benzene rings is 3. The molecule has 0 aliphatic rings. The van der Waals surface area contributed by atoms with Crippen molar-refractivity contribution in [1.82, 2.24) is 0 Å². The van der Waals surface area contributed by atoms with Crippen LogP contribution in [0.5, 0.6) is 5.75 Å². The maximum Gasteiger partial charge on any atom is 0.269 e. The number of rotatable bonds is 6.